The molecule has 0 saturated heterocycles. The van der Waals surface area contributed by atoms with Gasteiger partial charge in [-0.05, 0) is 71.8 Å². The smallest absolute Gasteiger partial charge is 0.354 e. The molecule has 1 amide bonds. The van der Waals surface area contributed by atoms with Gasteiger partial charge in [-0.2, -0.15) is 0 Å². The van der Waals surface area contributed by atoms with E-state index in [1.54, 1.807) is 20.1 Å². The second-order valence-electron chi connectivity index (χ2n) is 7.68. The summed E-state index contributed by atoms with van der Waals surface area (Å²) in [6, 6.07) is 15.2. The molecule has 2 aromatic heterocycles. The molecule has 0 unspecified atom stereocenters. The van der Waals surface area contributed by atoms with E-state index in [4.69, 9.17) is 14.3 Å². The van der Waals surface area contributed by atoms with Crippen molar-refractivity contribution in [1.29, 1.82) is 0 Å². The number of carbonyl (C=O) groups is 2. The van der Waals surface area contributed by atoms with Crippen LogP contribution in [0.15, 0.2) is 53.9 Å². The molecule has 0 bridgehead atoms. The van der Waals surface area contributed by atoms with E-state index in [2.05, 4.69) is 4.98 Å². The average molecular weight is 479 g/mol. The number of aromatic amines is 1. The number of hydrogen-bond donors (Lipinski definition) is 1. The summed E-state index contributed by atoms with van der Waals surface area (Å²) < 4.78 is 10.3. The van der Waals surface area contributed by atoms with Crippen molar-refractivity contribution in [2.75, 3.05) is 20.8 Å². The number of rotatable bonds is 8. The van der Waals surface area contributed by atoms with Crippen LogP contribution < -0.4 is 4.74 Å². The largest absolute Gasteiger partial charge is 0.497 e. The zero-order chi connectivity index (χ0) is 24.2. The summed E-state index contributed by atoms with van der Waals surface area (Å²) in [5.41, 5.74) is 5.01. The van der Waals surface area contributed by atoms with E-state index in [1.165, 1.54) is 23.5 Å². The summed E-state index contributed by atoms with van der Waals surface area (Å²) in [5, 5.41) is 4.23. The molecule has 2 heterocycles. The lowest BCUT2D eigenvalue weighted by Gasteiger charge is -2.19. The number of benzene rings is 2. The van der Waals surface area contributed by atoms with E-state index in [9.17, 15) is 9.59 Å². The van der Waals surface area contributed by atoms with Gasteiger partial charge < -0.3 is 14.5 Å². The van der Waals surface area contributed by atoms with Crippen LogP contribution in [0.2, 0.25) is 0 Å². The van der Waals surface area contributed by atoms with Gasteiger partial charge in [0.1, 0.15) is 11.4 Å². The third kappa shape index (κ3) is 4.69. The van der Waals surface area contributed by atoms with Gasteiger partial charge in [0.2, 0.25) is 0 Å². The van der Waals surface area contributed by atoms with Crippen molar-refractivity contribution >= 4 is 34.1 Å². The van der Waals surface area contributed by atoms with Gasteiger partial charge in [0, 0.05) is 10.9 Å². The summed E-state index contributed by atoms with van der Waals surface area (Å²) in [5.74, 6) is 0.183. The number of thiophene rings is 1. The zero-order valence-electron chi connectivity index (χ0n) is 19.5. The number of nitrogens with zero attached hydrogens (tertiary/aromatic N) is 1. The summed E-state index contributed by atoms with van der Waals surface area (Å²) in [7, 11) is 3.11. The number of aromatic nitrogens is 1. The molecule has 176 valence electrons. The Morgan fingerprint density at radius 1 is 1.06 bits per heavy atom. The highest BCUT2D eigenvalue weighted by Gasteiger charge is 2.22. The Balaban J connectivity index is 1.58. The average Bonchev–Trinajstić information content (AvgIpc) is 3.45. The molecule has 0 saturated carbocycles. The number of carbonyl (C=O) groups excluding carboxylic acids is 2. The highest BCUT2D eigenvalue weighted by Crippen LogP contribution is 2.34. The minimum absolute atomic E-state index is 0.195. The standard InChI is InChI=1S/C26H26N2O5S/c1-5-33-26(30)23-13-19-12-18(8-11-22(19)27-23)21-15-34-24(16(21)2)25(29)28(32-4)14-17-6-9-20(31-3)10-7-17/h6-13,15,27H,5,14H2,1-4H3. The van der Waals surface area contributed by atoms with Crippen LogP contribution in [0.3, 0.4) is 0 Å². The van der Waals surface area contributed by atoms with Crippen molar-refractivity contribution in [2.24, 2.45) is 0 Å². The van der Waals surface area contributed by atoms with Crippen molar-refractivity contribution in [2.45, 2.75) is 20.4 Å². The maximum absolute atomic E-state index is 13.3. The van der Waals surface area contributed by atoms with E-state index in [-0.39, 0.29) is 11.9 Å². The van der Waals surface area contributed by atoms with E-state index in [0.29, 0.717) is 23.7 Å². The Labute approximate surface area is 201 Å². The fourth-order valence-electron chi connectivity index (χ4n) is 3.76. The lowest BCUT2D eigenvalue weighted by molar-refractivity contribution is -0.101. The van der Waals surface area contributed by atoms with E-state index >= 15 is 0 Å². The first-order valence-electron chi connectivity index (χ1n) is 10.8. The molecule has 4 aromatic rings. The van der Waals surface area contributed by atoms with Crippen molar-refractivity contribution < 1.29 is 23.9 Å². The quantitative estimate of drug-likeness (QED) is 0.264. The summed E-state index contributed by atoms with van der Waals surface area (Å²) in [4.78, 5) is 34.4. The summed E-state index contributed by atoms with van der Waals surface area (Å²) >= 11 is 1.39. The third-order valence-electron chi connectivity index (χ3n) is 5.59. The molecule has 34 heavy (non-hydrogen) atoms. The van der Waals surface area contributed by atoms with Gasteiger partial charge in [-0.25, -0.2) is 9.86 Å². The first kappa shape index (κ1) is 23.5. The molecule has 0 spiro atoms. The van der Waals surface area contributed by atoms with Crippen molar-refractivity contribution in [3.63, 3.8) is 0 Å². The Bertz CT molecular complexity index is 1320. The first-order chi connectivity index (χ1) is 16.4. The molecular weight excluding hydrogens is 452 g/mol. The van der Waals surface area contributed by atoms with E-state index in [0.717, 1.165) is 38.9 Å². The van der Waals surface area contributed by atoms with Gasteiger partial charge in [0.15, 0.2) is 0 Å². The normalized spacial score (nSPS) is 10.9. The molecule has 0 radical (unpaired) electrons. The molecule has 0 aliphatic heterocycles. The van der Waals surface area contributed by atoms with Crippen LogP contribution in [-0.2, 0) is 16.1 Å². The molecule has 7 nitrogen and oxygen atoms in total. The molecular formula is C26H26N2O5S. The fourth-order valence-corrected chi connectivity index (χ4v) is 4.80. The molecule has 0 fully saturated rings. The topological polar surface area (TPSA) is 80.9 Å². The predicted octanol–water partition coefficient (Wildman–Crippen LogP) is 5.59. The number of nitrogens with one attached hydrogen (secondary N) is 1. The Hall–Kier alpha value is -3.62. The Kier molecular flexibility index (Phi) is 7.00. The number of hydroxylamine groups is 2. The number of fused-ring (bicyclic) bond motifs is 1. The van der Waals surface area contributed by atoms with Gasteiger partial charge in [-0.1, -0.05) is 18.2 Å². The van der Waals surface area contributed by atoms with E-state index < -0.39 is 0 Å². The van der Waals surface area contributed by atoms with Gasteiger partial charge in [-0.3, -0.25) is 9.63 Å². The number of H-pyrrole nitrogens is 1. The number of methoxy groups -OCH3 is 1. The highest BCUT2D eigenvalue weighted by atomic mass is 32.1. The maximum atomic E-state index is 13.3. The molecule has 4 rings (SSSR count). The summed E-state index contributed by atoms with van der Waals surface area (Å²) in [6.07, 6.45) is 0. The minimum atomic E-state index is -0.378. The van der Waals surface area contributed by atoms with Crippen molar-refractivity contribution in [3.05, 3.63) is 75.6 Å². The lowest BCUT2D eigenvalue weighted by atomic mass is 10.0. The second-order valence-corrected chi connectivity index (χ2v) is 8.56. The van der Waals surface area contributed by atoms with Crippen molar-refractivity contribution in [1.82, 2.24) is 10.0 Å². The summed E-state index contributed by atoms with van der Waals surface area (Å²) in [6.45, 7) is 4.35. The van der Waals surface area contributed by atoms with Gasteiger partial charge in [-0.15, -0.1) is 11.3 Å². The van der Waals surface area contributed by atoms with Crippen LogP contribution in [0.5, 0.6) is 5.75 Å². The van der Waals surface area contributed by atoms with Gasteiger partial charge >= 0.3 is 5.97 Å². The highest BCUT2D eigenvalue weighted by molar-refractivity contribution is 7.12. The number of hydrogen-bond acceptors (Lipinski definition) is 6. The molecule has 1 N–H and O–H groups in total. The molecule has 2 aromatic carbocycles. The Morgan fingerprint density at radius 2 is 1.82 bits per heavy atom. The lowest BCUT2D eigenvalue weighted by Crippen LogP contribution is -2.29. The second kappa shape index (κ2) is 10.1. The van der Waals surface area contributed by atoms with Crippen LogP contribution in [0.4, 0.5) is 0 Å². The SMILES string of the molecule is CCOC(=O)c1cc2cc(-c3csc(C(=O)N(Cc4ccc(OC)cc4)OC)c3C)ccc2[nH]1. The fraction of sp³-hybridized carbons (Fsp3) is 0.231. The first-order valence-corrected chi connectivity index (χ1v) is 11.7. The van der Waals surface area contributed by atoms with Gasteiger partial charge in [0.25, 0.3) is 5.91 Å². The molecule has 8 heteroatoms. The zero-order valence-corrected chi connectivity index (χ0v) is 20.3. The van der Waals surface area contributed by atoms with Crippen molar-refractivity contribution in [3.8, 4) is 16.9 Å². The molecule has 0 aliphatic carbocycles. The predicted molar refractivity (Wildman–Crippen MR) is 132 cm³/mol. The number of amides is 1. The van der Waals surface area contributed by atoms with E-state index in [1.807, 2.05) is 54.8 Å². The minimum Gasteiger partial charge on any atom is -0.497 e. The molecule has 0 atom stereocenters. The molecule has 0 aliphatic rings. The maximum Gasteiger partial charge on any atom is 0.354 e. The number of esters is 1. The monoisotopic (exact) mass is 478 g/mol. The Morgan fingerprint density at radius 3 is 2.50 bits per heavy atom. The van der Waals surface area contributed by atoms with Crippen LogP contribution in [0.1, 0.15) is 38.2 Å². The van der Waals surface area contributed by atoms with Crippen LogP contribution >= 0.6 is 11.3 Å². The third-order valence-corrected chi connectivity index (χ3v) is 6.66. The van der Waals surface area contributed by atoms with Crippen LogP contribution in [-0.4, -0.2) is 42.8 Å². The van der Waals surface area contributed by atoms with Gasteiger partial charge in [0.05, 0.1) is 32.2 Å². The van der Waals surface area contributed by atoms with Crippen LogP contribution in [0, 0.1) is 6.92 Å². The number of ether oxygens (including phenoxy) is 2. The van der Waals surface area contributed by atoms with Crippen LogP contribution in [0.25, 0.3) is 22.0 Å².